The maximum atomic E-state index is 14.6. The predicted molar refractivity (Wildman–Crippen MR) is 137 cm³/mol. The number of amides is 1. The number of nitrogens with zero attached hydrogens (tertiary/aromatic N) is 2. The molecule has 2 aliphatic rings. The van der Waals surface area contributed by atoms with Gasteiger partial charge in [0.25, 0.3) is 5.91 Å². The van der Waals surface area contributed by atoms with Gasteiger partial charge in [0.05, 0.1) is 10.6 Å². The van der Waals surface area contributed by atoms with Gasteiger partial charge in [0.15, 0.2) is 5.60 Å². The Balaban J connectivity index is 1.40. The Hall–Kier alpha value is -3.20. The summed E-state index contributed by atoms with van der Waals surface area (Å²) in [5, 5.41) is 20.8. The lowest BCUT2D eigenvalue weighted by atomic mass is 9.83. The van der Waals surface area contributed by atoms with Crippen molar-refractivity contribution in [3.63, 3.8) is 0 Å². The maximum Gasteiger partial charge on any atom is 0.258 e. The molecule has 4 unspecified atom stereocenters. The Labute approximate surface area is 215 Å². The summed E-state index contributed by atoms with van der Waals surface area (Å²) >= 11 is 6.38. The van der Waals surface area contributed by atoms with E-state index in [9.17, 15) is 19.6 Å². The summed E-state index contributed by atoms with van der Waals surface area (Å²) in [5.41, 5.74) is 0.945. The van der Waals surface area contributed by atoms with E-state index < -0.39 is 5.60 Å². The minimum atomic E-state index is -1.59. The molecule has 4 nitrogen and oxygen atoms in total. The van der Waals surface area contributed by atoms with Crippen molar-refractivity contribution in [3.05, 3.63) is 106 Å². The quantitative estimate of drug-likeness (QED) is 0.461. The van der Waals surface area contributed by atoms with Gasteiger partial charge in [-0.25, -0.2) is 4.39 Å². The van der Waals surface area contributed by atoms with Crippen LogP contribution in [-0.2, 0) is 16.8 Å². The molecule has 1 spiro atoms. The molecule has 3 aromatic rings. The molecule has 36 heavy (non-hydrogen) atoms. The second kappa shape index (κ2) is 9.35. The van der Waals surface area contributed by atoms with Gasteiger partial charge in [0.1, 0.15) is 11.9 Å². The van der Waals surface area contributed by atoms with Crippen molar-refractivity contribution in [1.82, 2.24) is 4.90 Å². The zero-order valence-electron chi connectivity index (χ0n) is 20.1. The first kappa shape index (κ1) is 24.5. The number of carbonyl (C=O) groups is 1. The van der Waals surface area contributed by atoms with E-state index in [4.69, 9.17) is 11.6 Å². The molecule has 184 valence electrons. The van der Waals surface area contributed by atoms with Crippen molar-refractivity contribution in [1.29, 1.82) is 5.26 Å². The number of nitriles is 1. The highest BCUT2D eigenvalue weighted by Crippen LogP contribution is 2.64. The van der Waals surface area contributed by atoms with Gasteiger partial charge in [0, 0.05) is 13.1 Å². The SMILES string of the molecule is CC(O)(C(=O)N1CCC2(CC2C(Cc2ccccc2F)c2ccc(C#N)c(Cl)c2)C1)c1ccccc1. The molecule has 1 saturated heterocycles. The molecular formula is C30H28ClFN2O2. The molecule has 6 heteroatoms. The van der Waals surface area contributed by atoms with Crippen LogP contribution >= 0.6 is 11.6 Å². The summed E-state index contributed by atoms with van der Waals surface area (Å²) in [6.45, 7) is 2.70. The zero-order valence-corrected chi connectivity index (χ0v) is 20.9. The molecule has 0 aromatic heterocycles. The second-order valence-corrected chi connectivity index (χ2v) is 10.7. The van der Waals surface area contributed by atoms with E-state index in [2.05, 4.69) is 6.07 Å². The van der Waals surface area contributed by atoms with Gasteiger partial charge in [-0.15, -0.1) is 0 Å². The van der Waals surface area contributed by atoms with Crippen LogP contribution in [0.25, 0.3) is 0 Å². The fraction of sp³-hybridized carbons (Fsp3) is 0.333. The summed E-state index contributed by atoms with van der Waals surface area (Å²) in [4.78, 5) is 15.1. The van der Waals surface area contributed by atoms with Crippen molar-refractivity contribution in [2.75, 3.05) is 13.1 Å². The number of hydrogen-bond donors (Lipinski definition) is 1. The van der Waals surface area contributed by atoms with E-state index in [-0.39, 0.29) is 29.0 Å². The molecule has 1 aliphatic carbocycles. The van der Waals surface area contributed by atoms with E-state index in [0.717, 1.165) is 18.4 Å². The largest absolute Gasteiger partial charge is 0.376 e. The molecule has 2 fully saturated rings. The first-order valence-electron chi connectivity index (χ1n) is 12.3. The highest BCUT2D eigenvalue weighted by atomic mass is 35.5. The average molecular weight is 503 g/mol. The number of carbonyl (C=O) groups excluding carboxylic acids is 1. The Kier molecular flexibility index (Phi) is 6.36. The molecule has 1 amide bonds. The summed E-state index contributed by atoms with van der Waals surface area (Å²) in [5.74, 6) is -0.292. The van der Waals surface area contributed by atoms with Crippen LogP contribution in [0, 0.1) is 28.5 Å². The molecule has 1 saturated carbocycles. The van der Waals surface area contributed by atoms with Crippen LogP contribution in [0.4, 0.5) is 4.39 Å². The lowest BCUT2D eigenvalue weighted by molar-refractivity contribution is -0.149. The van der Waals surface area contributed by atoms with Crippen LogP contribution in [0.3, 0.4) is 0 Å². The van der Waals surface area contributed by atoms with Crippen LogP contribution in [0.1, 0.15) is 47.9 Å². The lowest BCUT2D eigenvalue weighted by Crippen LogP contribution is -2.44. The van der Waals surface area contributed by atoms with Crippen molar-refractivity contribution in [2.24, 2.45) is 11.3 Å². The Morgan fingerprint density at radius 2 is 1.94 bits per heavy atom. The van der Waals surface area contributed by atoms with Crippen molar-refractivity contribution >= 4 is 17.5 Å². The van der Waals surface area contributed by atoms with Gasteiger partial charge in [-0.3, -0.25) is 4.79 Å². The Morgan fingerprint density at radius 3 is 2.64 bits per heavy atom. The molecule has 3 aromatic carbocycles. The van der Waals surface area contributed by atoms with Crippen LogP contribution in [0.2, 0.25) is 5.02 Å². The van der Waals surface area contributed by atoms with Gasteiger partial charge in [-0.1, -0.05) is 66.2 Å². The van der Waals surface area contributed by atoms with Crippen LogP contribution in [0.5, 0.6) is 0 Å². The van der Waals surface area contributed by atoms with Gasteiger partial charge >= 0.3 is 0 Å². The average Bonchev–Trinajstić information content (AvgIpc) is 3.41. The fourth-order valence-corrected chi connectivity index (χ4v) is 6.16. The normalized spacial score (nSPS) is 23.2. The highest BCUT2D eigenvalue weighted by molar-refractivity contribution is 6.31. The van der Waals surface area contributed by atoms with E-state index >= 15 is 0 Å². The van der Waals surface area contributed by atoms with Gasteiger partial charge in [-0.05, 0) is 78.3 Å². The Morgan fingerprint density at radius 1 is 1.22 bits per heavy atom. The molecule has 5 rings (SSSR count). The summed E-state index contributed by atoms with van der Waals surface area (Å²) in [7, 11) is 0. The number of likely N-dealkylation sites (tertiary alicyclic amines) is 1. The fourth-order valence-electron chi connectivity index (χ4n) is 5.93. The number of hydrogen-bond acceptors (Lipinski definition) is 3. The van der Waals surface area contributed by atoms with Crippen LogP contribution < -0.4 is 0 Å². The van der Waals surface area contributed by atoms with Gasteiger partial charge < -0.3 is 10.0 Å². The van der Waals surface area contributed by atoms with E-state index in [1.165, 1.54) is 6.07 Å². The number of aliphatic hydroxyl groups is 1. The van der Waals surface area contributed by atoms with E-state index in [1.54, 1.807) is 36.1 Å². The third-order valence-corrected chi connectivity index (χ3v) is 8.42. The summed E-state index contributed by atoms with van der Waals surface area (Å²) in [6.07, 6.45) is 2.27. The Bertz CT molecular complexity index is 1340. The topological polar surface area (TPSA) is 64.3 Å². The van der Waals surface area contributed by atoms with Crippen LogP contribution in [-0.4, -0.2) is 29.0 Å². The molecule has 0 bridgehead atoms. The third-order valence-electron chi connectivity index (χ3n) is 8.10. The molecule has 1 aliphatic heterocycles. The molecular weight excluding hydrogens is 475 g/mol. The minimum Gasteiger partial charge on any atom is -0.376 e. The highest BCUT2D eigenvalue weighted by Gasteiger charge is 2.61. The second-order valence-electron chi connectivity index (χ2n) is 10.3. The monoisotopic (exact) mass is 502 g/mol. The molecule has 0 radical (unpaired) electrons. The smallest absolute Gasteiger partial charge is 0.258 e. The molecule has 1 heterocycles. The molecule has 4 atom stereocenters. The predicted octanol–water partition coefficient (Wildman–Crippen LogP) is 5.82. The summed E-state index contributed by atoms with van der Waals surface area (Å²) in [6, 6.07) is 23.4. The van der Waals surface area contributed by atoms with Gasteiger partial charge in [-0.2, -0.15) is 5.26 Å². The number of halogens is 2. The van der Waals surface area contributed by atoms with Crippen molar-refractivity contribution in [2.45, 2.75) is 37.7 Å². The van der Waals surface area contributed by atoms with E-state index in [0.29, 0.717) is 41.2 Å². The summed E-state index contributed by atoms with van der Waals surface area (Å²) < 4.78 is 14.6. The van der Waals surface area contributed by atoms with Crippen molar-refractivity contribution < 1.29 is 14.3 Å². The minimum absolute atomic E-state index is 0.00294. The standard InChI is InChI=1S/C30H28ClFN2O2/c1-29(36,23-8-3-2-4-9-23)28(35)34-14-13-30(19-34)17-25(30)24(15-21-7-5-6-10-27(21)32)20-11-12-22(18-33)26(31)16-20/h2-12,16,24-25,36H,13-15,17,19H2,1H3. The maximum absolute atomic E-state index is 14.6. The lowest BCUT2D eigenvalue weighted by Gasteiger charge is -2.29. The van der Waals surface area contributed by atoms with Crippen LogP contribution in [0.15, 0.2) is 72.8 Å². The van der Waals surface area contributed by atoms with E-state index in [1.807, 2.05) is 42.5 Å². The van der Waals surface area contributed by atoms with Gasteiger partial charge in [0.2, 0.25) is 0 Å². The first-order chi connectivity index (χ1) is 17.2. The van der Waals surface area contributed by atoms with Crippen molar-refractivity contribution in [3.8, 4) is 6.07 Å². The zero-order chi connectivity index (χ0) is 25.5. The molecule has 1 N–H and O–H groups in total. The third kappa shape index (κ3) is 4.40. The number of rotatable bonds is 6. The first-order valence-corrected chi connectivity index (χ1v) is 12.6. The number of benzene rings is 3.